The Labute approximate surface area is 217 Å². The van der Waals surface area contributed by atoms with Crippen molar-refractivity contribution in [3.05, 3.63) is 54.1 Å². The van der Waals surface area contributed by atoms with Gasteiger partial charge in [0.15, 0.2) is 0 Å². The topological polar surface area (TPSA) is 133 Å². The Morgan fingerprint density at radius 1 is 1.03 bits per heavy atom. The number of benzene rings is 2. The molecule has 11 nitrogen and oxygen atoms in total. The SMILES string of the molecule is CS(=O)(=O)N(CC(=O)NCc1cccc(N2CCCC2=O)c1)c1ccc(S(=O)(=O)N2CCOCC2)cc1. The van der Waals surface area contributed by atoms with Crippen LogP contribution in [0.5, 0.6) is 0 Å². The first-order valence-electron chi connectivity index (χ1n) is 11.9. The van der Waals surface area contributed by atoms with E-state index in [9.17, 15) is 26.4 Å². The minimum Gasteiger partial charge on any atom is -0.379 e. The molecule has 0 aliphatic carbocycles. The number of nitrogens with zero attached hydrogens (tertiary/aromatic N) is 3. The zero-order chi connectivity index (χ0) is 26.6. The predicted molar refractivity (Wildman–Crippen MR) is 138 cm³/mol. The van der Waals surface area contributed by atoms with Crippen LogP contribution in [0.2, 0.25) is 0 Å². The molecule has 2 aromatic rings. The highest BCUT2D eigenvalue weighted by Crippen LogP contribution is 2.24. The zero-order valence-corrected chi connectivity index (χ0v) is 22.1. The number of rotatable bonds is 9. The molecule has 2 amide bonds. The highest BCUT2D eigenvalue weighted by Gasteiger charge is 2.27. The summed E-state index contributed by atoms with van der Waals surface area (Å²) in [5, 5.41) is 2.72. The molecule has 0 atom stereocenters. The van der Waals surface area contributed by atoms with Gasteiger partial charge in [0.2, 0.25) is 31.9 Å². The van der Waals surface area contributed by atoms with Crippen LogP contribution in [0.15, 0.2) is 53.4 Å². The van der Waals surface area contributed by atoms with Crippen LogP contribution in [0.4, 0.5) is 11.4 Å². The van der Waals surface area contributed by atoms with Crippen LogP contribution >= 0.6 is 0 Å². The first-order chi connectivity index (χ1) is 17.6. The number of carbonyl (C=O) groups is 2. The average Bonchev–Trinajstić information content (AvgIpc) is 3.32. The van der Waals surface area contributed by atoms with E-state index in [1.807, 2.05) is 18.2 Å². The molecule has 2 aromatic carbocycles. The van der Waals surface area contributed by atoms with Gasteiger partial charge in [-0.15, -0.1) is 0 Å². The number of morpholine rings is 1. The summed E-state index contributed by atoms with van der Waals surface area (Å²) >= 11 is 0. The summed E-state index contributed by atoms with van der Waals surface area (Å²) in [4.78, 5) is 26.4. The molecule has 1 N–H and O–H groups in total. The van der Waals surface area contributed by atoms with Gasteiger partial charge in [-0.2, -0.15) is 4.31 Å². The minimum atomic E-state index is -3.84. The number of sulfonamides is 2. The van der Waals surface area contributed by atoms with Gasteiger partial charge in [0.25, 0.3) is 0 Å². The van der Waals surface area contributed by atoms with E-state index in [2.05, 4.69) is 5.32 Å². The number of amides is 2. The lowest BCUT2D eigenvalue weighted by molar-refractivity contribution is -0.120. The van der Waals surface area contributed by atoms with E-state index in [0.29, 0.717) is 26.2 Å². The first kappa shape index (κ1) is 27.0. The van der Waals surface area contributed by atoms with Crippen LogP contribution in [-0.2, 0) is 40.9 Å². The standard InChI is InChI=1S/C24H30N4O7S2/c1-36(31,32)28(20-7-9-22(10-8-20)37(33,34)26-12-14-35-15-13-26)18-23(29)25-17-19-4-2-5-21(16-19)27-11-3-6-24(27)30/h2,4-5,7-10,16H,3,6,11-15,17-18H2,1H3,(H,25,29). The smallest absolute Gasteiger partial charge is 0.243 e. The molecule has 2 fully saturated rings. The fourth-order valence-electron chi connectivity index (χ4n) is 4.26. The number of hydrogen-bond donors (Lipinski definition) is 1. The Balaban J connectivity index is 1.42. The summed E-state index contributed by atoms with van der Waals surface area (Å²) in [6.07, 6.45) is 2.30. The Kier molecular flexibility index (Phi) is 8.17. The van der Waals surface area contributed by atoms with Crippen molar-refractivity contribution in [2.45, 2.75) is 24.3 Å². The summed E-state index contributed by atoms with van der Waals surface area (Å²) < 4.78 is 58.1. The van der Waals surface area contributed by atoms with E-state index in [1.54, 1.807) is 11.0 Å². The molecular formula is C24H30N4O7S2. The molecule has 2 saturated heterocycles. The first-order valence-corrected chi connectivity index (χ1v) is 15.2. The molecule has 2 heterocycles. The van der Waals surface area contributed by atoms with Crippen molar-refractivity contribution in [2.24, 2.45) is 0 Å². The Morgan fingerprint density at radius 2 is 1.73 bits per heavy atom. The third-order valence-corrected chi connectivity index (χ3v) is 9.26. The van der Waals surface area contributed by atoms with Gasteiger partial charge in [-0.3, -0.25) is 13.9 Å². The number of anilines is 2. The van der Waals surface area contributed by atoms with Gasteiger partial charge in [0, 0.05) is 38.3 Å². The van der Waals surface area contributed by atoms with E-state index in [0.717, 1.165) is 28.2 Å². The number of carbonyl (C=O) groups excluding carboxylic acids is 2. The highest BCUT2D eigenvalue weighted by molar-refractivity contribution is 7.92. The predicted octanol–water partition coefficient (Wildman–Crippen LogP) is 0.917. The van der Waals surface area contributed by atoms with Crippen LogP contribution in [0.3, 0.4) is 0 Å². The molecule has 2 aliphatic heterocycles. The normalized spacial score (nSPS) is 17.1. The third kappa shape index (κ3) is 6.47. The van der Waals surface area contributed by atoms with Crippen LogP contribution in [0.25, 0.3) is 0 Å². The van der Waals surface area contributed by atoms with Gasteiger partial charge in [0.1, 0.15) is 6.54 Å². The van der Waals surface area contributed by atoms with Crippen molar-refractivity contribution in [2.75, 3.05) is 54.9 Å². The molecule has 0 saturated carbocycles. The van der Waals surface area contributed by atoms with Crippen LogP contribution in [0, 0.1) is 0 Å². The molecule has 13 heteroatoms. The van der Waals surface area contributed by atoms with Gasteiger partial charge in [-0.05, 0) is 48.4 Å². The van der Waals surface area contributed by atoms with Gasteiger partial charge in [-0.25, -0.2) is 16.8 Å². The molecule has 200 valence electrons. The maximum absolute atomic E-state index is 12.8. The molecule has 2 aliphatic rings. The summed E-state index contributed by atoms with van der Waals surface area (Å²) in [6, 6.07) is 12.7. The van der Waals surface area contributed by atoms with E-state index in [1.165, 1.54) is 28.6 Å². The molecule has 4 rings (SSSR count). The van der Waals surface area contributed by atoms with E-state index >= 15 is 0 Å². The summed E-state index contributed by atoms with van der Waals surface area (Å²) in [5.74, 6) is -0.466. The van der Waals surface area contributed by atoms with E-state index in [-0.39, 0.29) is 36.1 Å². The second-order valence-corrected chi connectivity index (χ2v) is 12.7. The van der Waals surface area contributed by atoms with Crippen molar-refractivity contribution in [3.8, 4) is 0 Å². The van der Waals surface area contributed by atoms with Crippen molar-refractivity contribution in [3.63, 3.8) is 0 Å². The monoisotopic (exact) mass is 550 g/mol. The number of hydrogen-bond acceptors (Lipinski definition) is 7. The van der Waals surface area contributed by atoms with Gasteiger partial charge in [-0.1, -0.05) is 12.1 Å². The second kappa shape index (κ2) is 11.2. The number of ether oxygens (including phenoxy) is 1. The van der Waals surface area contributed by atoms with Gasteiger partial charge in [0.05, 0.1) is 30.1 Å². The molecule has 0 spiro atoms. The lowest BCUT2D eigenvalue weighted by Crippen LogP contribution is -2.41. The van der Waals surface area contributed by atoms with Crippen LogP contribution < -0.4 is 14.5 Å². The molecule has 0 bridgehead atoms. The van der Waals surface area contributed by atoms with Crippen molar-refractivity contribution < 1.29 is 31.2 Å². The van der Waals surface area contributed by atoms with Crippen LogP contribution in [-0.4, -0.2) is 78.6 Å². The average molecular weight is 551 g/mol. The van der Waals surface area contributed by atoms with Crippen molar-refractivity contribution in [1.29, 1.82) is 0 Å². The summed E-state index contributed by atoms with van der Waals surface area (Å²) in [7, 11) is -7.57. The summed E-state index contributed by atoms with van der Waals surface area (Å²) in [6.45, 7) is 1.46. The van der Waals surface area contributed by atoms with Crippen molar-refractivity contribution in [1.82, 2.24) is 9.62 Å². The Morgan fingerprint density at radius 3 is 2.35 bits per heavy atom. The maximum atomic E-state index is 12.8. The van der Waals surface area contributed by atoms with Gasteiger partial charge < -0.3 is 15.0 Å². The number of nitrogens with one attached hydrogen (secondary N) is 1. The Bertz CT molecular complexity index is 1360. The third-order valence-electron chi connectivity index (χ3n) is 6.21. The highest BCUT2D eigenvalue weighted by atomic mass is 32.2. The fraction of sp³-hybridized carbons (Fsp3) is 0.417. The maximum Gasteiger partial charge on any atom is 0.243 e. The quantitative estimate of drug-likeness (QED) is 0.491. The zero-order valence-electron chi connectivity index (χ0n) is 20.5. The Hall–Kier alpha value is -3.00. The molecule has 37 heavy (non-hydrogen) atoms. The van der Waals surface area contributed by atoms with Crippen molar-refractivity contribution >= 4 is 43.2 Å². The molecule has 0 aromatic heterocycles. The minimum absolute atomic E-state index is 0.0346. The molecular weight excluding hydrogens is 520 g/mol. The summed E-state index contributed by atoms with van der Waals surface area (Å²) in [5.41, 5.74) is 1.71. The fourth-order valence-corrected chi connectivity index (χ4v) is 6.53. The largest absolute Gasteiger partial charge is 0.379 e. The van der Waals surface area contributed by atoms with Gasteiger partial charge >= 0.3 is 0 Å². The molecule has 0 unspecified atom stereocenters. The lowest BCUT2D eigenvalue weighted by Gasteiger charge is -2.26. The van der Waals surface area contributed by atoms with E-state index < -0.39 is 32.5 Å². The van der Waals surface area contributed by atoms with E-state index in [4.69, 9.17) is 4.74 Å². The second-order valence-electron chi connectivity index (χ2n) is 8.88. The molecule has 0 radical (unpaired) electrons. The van der Waals surface area contributed by atoms with Crippen LogP contribution in [0.1, 0.15) is 18.4 Å². The lowest BCUT2D eigenvalue weighted by atomic mass is 10.2.